The molecule has 2 aliphatic rings. The Hall–Kier alpha value is -3.66. The second kappa shape index (κ2) is 8.36. The molecule has 168 valence electrons. The Bertz CT molecular complexity index is 1250. The summed E-state index contributed by atoms with van der Waals surface area (Å²) in [5.74, 6) is 2.60. The highest BCUT2D eigenvalue weighted by Crippen LogP contribution is 2.43. The number of nitrogen functional groups attached to an aromatic ring is 1. The van der Waals surface area contributed by atoms with E-state index in [1.807, 2.05) is 30.3 Å². The molecule has 0 aliphatic carbocycles. The number of hydrogen-bond donors (Lipinski definition) is 1. The maximum absolute atomic E-state index is 6.29. The minimum Gasteiger partial charge on any atom is -0.488 e. The zero-order valence-electron chi connectivity index (χ0n) is 19.4. The van der Waals surface area contributed by atoms with Crippen molar-refractivity contribution in [2.75, 3.05) is 12.3 Å². The first-order valence-corrected chi connectivity index (χ1v) is 11.4. The second-order valence-corrected chi connectivity index (χ2v) is 9.11. The van der Waals surface area contributed by atoms with Gasteiger partial charge in [0.25, 0.3) is 0 Å². The molecule has 0 aromatic heterocycles. The van der Waals surface area contributed by atoms with E-state index in [4.69, 9.17) is 19.9 Å². The van der Waals surface area contributed by atoms with Crippen LogP contribution in [-0.2, 0) is 13.0 Å². The van der Waals surface area contributed by atoms with Crippen LogP contribution in [0, 0.1) is 0 Å². The Morgan fingerprint density at radius 2 is 1.79 bits per heavy atom. The highest BCUT2D eigenvalue weighted by atomic mass is 16.5. The molecule has 2 N–H and O–H groups in total. The highest BCUT2D eigenvalue weighted by Gasteiger charge is 2.27. The van der Waals surface area contributed by atoms with Crippen molar-refractivity contribution in [3.63, 3.8) is 0 Å². The molecule has 3 aromatic carbocycles. The highest BCUT2D eigenvalue weighted by molar-refractivity contribution is 5.89. The summed E-state index contributed by atoms with van der Waals surface area (Å²) in [5.41, 5.74) is 12.8. The Morgan fingerprint density at radius 1 is 1.00 bits per heavy atom. The monoisotopic (exact) mass is 439 g/mol. The lowest BCUT2D eigenvalue weighted by atomic mass is 9.95. The number of ether oxygens (including phenoxy) is 3. The summed E-state index contributed by atoms with van der Waals surface area (Å²) >= 11 is 0. The fraction of sp³-hybridized carbons (Fsp3) is 0.241. The summed E-state index contributed by atoms with van der Waals surface area (Å²) in [6.07, 6.45) is 7.33. The molecule has 2 heterocycles. The van der Waals surface area contributed by atoms with Crippen molar-refractivity contribution in [2.45, 2.75) is 39.4 Å². The van der Waals surface area contributed by atoms with Gasteiger partial charge in [0.05, 0.1) is 5.56 Å². The smallest absolute Gasteiger partial charge is 0.137 e. The van der Waals surface area contributed by atoms with E-state index in [2.05, 4.69) is 63.3 Å². The van der Waals surface area contributed by atoms with Crippen molar-refractivity contribution in [2.24, 2.45) is 0 Å². The van der Waals surface area contributed by atoms with Gasteiger partial charge in [-0.05, 0) is 80.0 Å². The normalized spacial score (nSPS) is 15.5. The maximum Gasteiger partial charge on any atom is 0.137 e. The Balaban J connectivity index is 1.47. The molecule has 3 aromatic rings. The Labute approximate surface area is 195 Å². The Morgan fingerprint density at radius 3 is 2.58 bits per heavy atom. The lowest BCUT2D eigenvalue weighted by molar-refractivity contribution is 0.158. The van der Waals surface area contributed by atoms with Gasteiger partial charge >= 0.3 is 0 Å². The molecular formula is C29H29NO3. The molecule has 33 heavy (non-hydrogen) atoms. The minimum atomic E-state index is -0.311. The summed E-state index contributed by atoms with van der Waals surface area (Å²) in [6.45, 7) is 7.21. The predicted octanol–water partition coefficient (Wildman–Crippen LogP) is 6.53. The molecular weight excluding hydrogens is 410 g/mol. The third-order valence-electron chi connectivity index (χ3n) is 6.09. The van der Waals surface area contributed by atoms with E-state index >= 15 is 0 Å². The second-order valence-electron chi connectivity index (χ2n) is 9.11. The van der Waals surface area contributed by atoms with Crippen molar-refractivity contribution in [3.8, 4) is 17.2 Å². The maximum atomic E-state index is 6.29. The molecule has 0 fully saturated rings. The third kappa shape index (κ3) is 4.34. The molecule has 4 heteroatoms. The minimum absolute atomic E-state index is 0.311. The van der Waals surface area contributed by atoms with E-state index in [0.29, 0.717) is 13.2 Å². The van der Waals surface area contributed by atoms with E-state index in [-0.39, 0.29) is 5.60 Å². The molecule has 0 saturated heterocycles. The number of benzene rings is 3. The quantitative estimate of drug-likeness (QED) is 0.459. The summed E-state index contributed by atoms with van der Waals surface area (Å²) in [6, 6.07) is 18.3. The summed E-state index contributed by atoms with van der Waals surface area (Å²) in [4.78, 5) is 0. The molecule has 0 radical (unpaired) electrons. The van der Waals surface area contributed by atoms with Crippen LogP contribution in [0.3, 0.4) is 0 Å². The van der Waals surface area contributed by atoms with Crippen LogP contribution in [0.1, 0.15) is 48.6 Å². The summed E-state index contributed by atoms with van der Waals surface area (Å²) in [5, 5.41) is 0. The van der Waals surface area contributed by atoms with Crippen molar-refractivity contribution >= 4 is 23.4 Å². The topological polar surface area (TPSA) is 53.7 Å². The van der Waals surface area contributed by atoms with Crippen molar-refractivity contribution in [3.05, 3.63) is 88.5 Å². The zero-order valence-corrected chi connectivity index (χ0v) is 19.4. The van der Waals surface area contributed by atoms with Crippen LogP contribution >= 0.6 is 0 Å². The van der Waals surface area contributed by atoms with Gasteiger partial charge in [0, 0.05) is 22.4 Å². The molecule has 5 rings (SSSR count). The lowest BCUT2D eigenvalue weighted by Crippen LogP contribution is -2.27. The first-order valence-electron chi connectivity index (χ1n) is 11.4. The number of aryl methyl sites for hydroxylation is 1. The summed E-state index contributed by atoms with van der Waals surface area (Å²) < 4.78 is 18.7. The molecule has 0 atom stereocenters. The fourth-order valence-electron chi connectivity index (χ4n) is 4.20. The molecule has 0 unspecified atom stereocenters. The van der Waals surface area contributed by atoms with E-state index in [0.717, 1.165) is 57.2 Å². The number of hydrogen-bond acceptors (Lipinski definition) is 4. The number of nitrogens with two attached hydrogens (primary N) is 1. The van der Waals surface area contributed by atoms with Gasteiger partial charge in [-0.2, -0.15) is 0 Å². The van der Waals surface area contributed by atoms with Crippen molar-refractivity contribution < 1.29 is 14.2 Å². The molecule has 0 amide bonds. The summed E-state index contributed by atoms with van der Waals surface area (Å²) in [7, 11) is 0. The largest absolute Gasteiger partial charge is 0.488 e. The van der Waals surface area contributed by atoms with E-state index in [9.17, 15) is 0 Å². The van der Waals surface area contributed by atoms with Crippen molar-refractivity contribution in [1.82, 2.24) is 0 Å². The lowest BCUT2D eigenvalue weighted by Gasteiger charge is -2.30. The van der Waals surface area contributed by atoms with Crippen LogP contribution in [0.4, 0.5) is 5.69 Å². The van der Waals surface area contributed by atoms with Gasteiger partial charge in [0.15, 0.2) is 0 Å². The van der Waals surface area contributed by atoms with Gasteiger partial charge in [-0.15, -0.1) is 0 Å². The zero-order chi connectivity index (χ0) is 23.0. The van der Waals surface area contributed by atoms with Gasteiger partial charge < -0.3 is 19.9 Å². The molecule has 0 spiro atoms. The van der Waals surface area contributed by atoms with Gasteiger partial charge in [0.1, 0.15) is 36.1 Å². The molecule has 2 aliphatic heterocycles. The van der Waals surface area contributed by atoms with Crippen LogP contribution in [0.5, 0.6) is 17.2 Å². The average molecular weight is 440 g/mol. The first-order chi connectivity index (χ1) is 15.9. The van der Waals surface area contributed by atoms with Crippen LogP contribution < -0.4 is 19.9 Å². The molecule has 0 saturated carbocycles. The van der Waals surface area contributed by atoms with Crippen LogP contribution in [0.25, 0.3) is 17.7 Å². The fourth-order valence-corrected chi connectivity index (χ4v) is 4.20. The van der Waals surface area contributed by atoms with Gasteiger partial charge in [-0.25, -0.2) is 0 Å². The van der Waals surface area contributed by atoms with Crippen LogP contribution in [-0.4, -0.2) is 12.2 Å². The number of anilines is 1. The molecule has 0 bridgehead atoms. The molecule has 4 nitrogen and oxygen atoms in total. The van der Waals surface area contributed by atoms with E-state index in [1.165, 1.54) is 5.56 Å². The predicted molar refractivity (Wildman–Crippen MR) is 135 cm³/mol. The van der Waals surface area contributed by atoms with Crippen LogP contribution in [0.15, 0.2) is 60.7 Å². The number of rotatable bonds is 5. The number of fused-ring (bicyclic) bond motifs is 3. The van der Waals surface area contributed by atoms with E-state index < -0.39 is 0 Å². The van der Waals surface area contributed by atoms with Crippen molar-refractivity contribution in [1.29, 1.82) is 0 Å². The first kappa shape index (κ1) is 21.2. The standard InChI is InChI=1S/C29H29NO3/c1-4-19-7-11-24(27(15-19)31-17-20-5-9-23(30)10-6-20)22-16-21-8-12-26-25(28(21)32-18-22)13-14-29(2,3)33-26/h5-16H,4,17-18,30H2,1-3H3. The van der Waals surface area contributed by atoms with Gasteiger partial charge in [-0.1, -0.05) is 31.2 Å². The SMILES string of the molecule is CCc1ccc(C2=Cc3ccc4c(c3OC2)C=CC(C)(C)O4)c(OCc2ccc(N)cc2)c1. The average Bonchev–Trinajstić information content (AvgIpc) is 2.82. The van der Waals surface area contributed by atoms with E-state index in [1.54, 1.807) is 0 Å². The third-order valence-corrected chi connectivity index (χ3v) is 6.09. The van der Waals surface area contributed by atoms with Gasteiger partial charge in [0.2, 0.25) is 0 Å². The Kier molecular flexibility index (Phi) is 5.37. The van der Waals surface area contributed by atoms with Gasteiger partial charge in [-0.3, -0.25) is 0 Å². The van der Waals surface area contributed by atoms with Crippen LogP contribution in [0.2, 0.25) is 0 Å².